The van der Waals surface area contributed by atoms with Crippen molar-refractivity contribution in [3.05, 3.63) is 36.0 Å². The van der Waals surface area contributed by atoms with Crippen molar-refractivity contribution in [1.82, 2.24) is 20.4 Å². The predicted molar refractivity (Wildman–Crippen MR) is 91.2 cm³/mol. The lowest BCUT2D eigenvalue weighted by molar-refractivity contribution is 0.0564. The van der Waals surface area contributed by atoms with Crippen LogP contribution >= 0.6 is 0 Å². The Kier molecular flexibility index (Phi) is 4.98. The van der Waals surface area contributed by atoms with E-state index in [0.717, 1.165) is 12.1 Å². The molecule has 0 aliphatic carbocycles. The van der Waals surface area contributed by atoms with Crippen molar-refractivity contribution >= 4 is 11.9 Å². The number of nitrogens with one attached hydrogen (secondary N) is 1. The minimum Gasteiger partial charge on any atom is -0.386 e. The van der Waals surface area contributed by atoms with Crippen LogP contribution in [0, 0.1) is 5.92 Å². The van der Waals surface area contributed by atoms with Crippen LogP contribution < -0.4 is 10.2 Å². The number of rotatable bonds is 6. The predicted octanol–water partition coefficient (Wildman–Crippen LogP) is 1.03. The molecule has 3 rings (SSSR count). The van der Waals surface area contributed by atoms with E-state index in [9.17, 15) is 9.90 Å². The standard InChI is InChI=1S/C17H23N5O3/c1-12(2)8-13-9-14(25-21-13)15(23)20-10-17(24)4-7-22(11-17)16-18-5-3-6-19-16/h3,5-6,9,12,24H,4,7-8,10-11H2,1-2H3,(H,20,23). The van der Waals surface area contributed by atoms with Crippen molar-refractivity contribution in [3.8, 4) is 0 Å². The number of aromatic nitrogens is 3. The van der Waals surface area contributed by atoms with Gasteiger partial charge in [0.2, 0.25) is 11.7 Å². The normalized spacial score (nSPS) is 20.2. The summed E-state index contributed by atoms with van der Waals surface area (Å²) in [5.74, 6) is 0.815. The fraction of sp³-hybridized carbons (Fsp3) is 0.529. The Morgan fingerprint density at radius 1 is 1.44 bits per heavy atom. The van der Waals surface area contributed by atoms with Gasteiger partial charge in [0, 0.05) is 31.5 Å². The average molecular weight is 345 g/mol. The van der Waals surface area contributed by atoms with E-state index in [-0.39, 0.29) is 18.2 Å². The van der Waals surface area contributed by atoms with E-state index in [1.54, 1.807) is 24.5 Å². The summed E-state index contributed by atoms with van der Waals surface area (Å²) in [5.41, 5.74) is -0.262. The van der Waals surface area contributed by atoms with E-state index in [1.807, 2.05) is 4.90 Å². The highest BCUT2D eigenvalue weighted by Gasteiger charge is 2.37. The molecule has 1 fully saturated rings. The van der Waals surface area contributed by atoms with Crippen LogP contribution in [-0.4, -0.2) is 51.4 Å². The summed E-state index contributed by atoms with van der Waals surface area (Å²) in [7, 11) is 0. The first-order valence-corrected chi connectivity index (χ1v) is 8.43. The first-order chi connectivity index (χ1) is 12.0. The molecule has 1 aliphatic heterocycles. The molecule has 1 amide bonds. The number of hydrogen-bond donors (Lipinski definition) is 2. The fourth-order valence-electron chi connectivity index (χ4n) is 2.89. The third kappa shape index (κ3) is 4.33. The second-order valence-corrected chi connectivity index (χ2v) is 6.91. The molecule has 8 heteroatoms. The number of aliphatic hydroxyl groups is 1. The van der Waals surface area contributed by atoms with Crippen LogP contribution in [0.15, 0.2) is 29.0 Å². The van der Waals surface area contributed by atoms with Crippen LogP contribution in [-0.2, 0) is 6.42 Å². The first-order valence-electron chi connectivity index (χ1n) is 8.43. The van der Waals surface area contributed by atoms with Gasteiger partial charge in [-0.05, 0) is 24.8 Å². The zero-order valence-electron chi connectivity index (χ0n) is 14.5. The highest BCUT2D eigenvalue weighted by atomic mass is 16.5. The maximum Gasteiger partial charge on any atom is 0.290 e. The lowest BCUT2D eigenvalue weighted by Gasteiger charge is -2.23. The highest BCUT2D eigenvalue weighted by Crippen LogP contribution is 2.23. The number of nitrogens with zero attached hydrogens (tertiary/aromatic N) is 4. The summed E-state index contributed by atoms with van der Waals surface area (Å²) in [6.07, 6.45) is 4.62. The van der Waals surface area contributed by atoms with E-state index in [0.29, 0.717) is 31.4 Å². The van der Waals surface area contributed by atoms with E-state index in [2.05, 4.69) is 34.3 Å². The van der Waals surface area contributed by atoms with Crippen molar-refractivity contribution < 1.29 is 14.4 Å². The molecule has 1 unspecified atom stereocenters. The average Bonchev–Trinajstić information content (AvgIpc) is 3.21. The number of carbonyl (C=O) groups excluding carboxylic acids is 1. The fourth-order valence-corrected chi connectivity index (χ4v) is 2.89. The molecule has 1 aliphatic rings. The van der Waals surface area contributed by atoms with Crippen molar-refractivity contribution in [2.45, 2.75) is 32.3 Å². The Labute approximate surface area is 146 Å². The number of hydrogen-bond acceptors (Lipinski definition) is 7. The van der Waals surface area contributed by atoms with Crippen LogP contribution in [0.25, 0.3) is 0 Å². The third-order valence-corrected chi connectivity index (χ3v) is 4.15. The second kappa shape index (κ2) is 7.18. The molecule has 1 saturated heterocycles. The number of anilines is 1. The Morgan fingerprint density at radius 2 is 2.20 bits per heavy atom. The van der Waals surface area contributed by atoms with E-state index in [4.69, 9.17) is 4.52 Å². The summed E-state index contributed by atoms with van der Waals surface area (Å²) in [5, 5.41) is 17.3. The second-order valence-electron chi connectivity index (χ2n) is 6.91. The minimum absolute atomic E-state index is 0.134. The van der Waals surface area contributed by atoms with Gasteiger partial charge in [-0.2, -0.15) is 0 Å². The quantitative estimate of drug-likeness (QED) is 0.806. The zero-order valence-corrected chi connectivity index (χ0v) is 14.5. The van der Waals surface area contributed by atoms with Gasteiger partial charge in [0.1, 0.15) is 5.60 Å². The molecule has 1 atom stereocenters. The zero-order chi connectivity index (χ0) is 17.9. The van der Waals surface area contributed by atoms with Crippen molar-refractivity contribution in [3.63, 3.8) is 0 Å². The summed E-state index contributed by atoms with van der Waals surface area (Å²) >= 11 is 0. The Morgan fingerprint density at radius 3 is 2.92 bits per heavy atom. The molecule has 2 aromatic rings. The van der Waals surface area contributed by atoms with Crippen LogP contribution in [0.2, 0.25) is 0 Å². The maximum absolute atomic E-state index is 12.2. The van der Waals surface area contributed by atoms with E-state index in [1.165, 1.54) is 0 Å². The van der Waals surface area contributed by atoms with E-state index < -0.39 is 5.60 Å². The monoisotopic (exact) mass is 345 g/mol. The largest absolute Gasteiger partial charge is 0.386 e. The summed E-state index contributed by atoms with van der Waals surface area (Å²) in [6.45, 7) is 5.29. The van der Waals surface area contributed by atoms with Crippen LogP contribution in [0.3, 0.4) is 0 Å². The molecule has 8 nitrogen and oxygen atoms in total. The summed E-state index contributed by atoms with van der Waals surface area (Å²) < 4.78 is 5.09. The molecule has 2 aromatic heterocycles. The molecule has 134 valence electrons. The van der Waals surface area contributed by atoms with Crippen molar-refractivity contribution in [1.29, 1.82) is 0 Å². The van der Waals surface area contributed by atoms with Gasteiger partial charge in [-0.15, -0.1) is 0 Å². The van der Waals surface area contributed by atoms with Crippen LogP contribution in [0.4, 0.5) is 5.95 Å². The molecule has 0 saturated carbocycles. The molecule has 2 N–H and O–H groups in total. The minimum atomic E-state index is -1.02. The lowest BCUT2D eigenvalue weighted by Crippen LogP contribution is -2.45. The third-order valence-electron chi connectivity index (χ3n) is 4.15. The van der Waals surface area contributed by atoms with Gasteiger partial charge in [0.15, 0.2) is 0 Å². The molecule has 0 aromatic carbocycles. The van der Waals surface area contributed by atoms with Gasteiger partial charge in [-0.1, -0.05) is 19.0 Å². The van der Waals surface area contributed by atoms with Gasteiger partial charge in [0.25, 0.3) is 5.91 Å². The first kappa shape index (κ1) is 17.3. The van der Waals surface area contributed by atoms with Crippen molar-refractivity contribution in [2.75, 3.05) is 24.5 Å². The number of β-amino-alcohol motifs (C(OH)–C–C–N with tert-alkyl or cyclic N) is 1. The molecule has 25 heavy (non-hydrogen) atoms. The topological polar surface area (TPSA) is 104 Å². The molecule has 3 heterocycles. The van der Waals surface area contributed by atoms with E-state index >= 15 is 0 Å². The highest BCUT2D eigenvalue weighted by molar-refractivity contribution is 5.91. The van der Waals surface area contributed by atoms with Gasteiger partial charge < -0.3 is 19.8 Å². The lowest BCUT2D eigenvalue weighted by atomic mass is 10.0. The van der Waals surface area contributed by atoms with Crippen LogP contribution in [0.1, 0.15) is 36.5 Å². The van der Waals surface area contributed by atoms with Gasteiger partial charge >= 0.3 is 0 Å². The van der Waals surface area contributed by atoms with Crippen LogP contribution in [0.5, 0.6) is 0 Å². The Balaban J connectivity index is 1.54. The Hall–Kier alpha value is -2.48. The number of amides is 1. The van der Waals surface area contributed by atoms with Gasteiger partial charge in [-0.25, -0.2) is 9.97 Å². The molecule has 0 spiro atoms. The van der Waals surface area contributed by atoms with Crippen molar-refractivity contribution in [2.24, 2.45) is 5.92 Å². The SMILES string of the molecule is CC(C)Cc1cc(C(=O)NCC2(O)CCN(c3ncccn3)C2)on1. The molecule has 0 radical (unpaired) electrons. The smallest absolute Gasteiger partial charge is 0.290 e. The molecule has 0 bridgehead atoms. The molecular weight excluding hydrogens is 322 g/mol. The summed E-state index contributed by atoms with van der Waals surface area (Å²) in [6, 6.07) is 3.40. The molecular formula is C17H23N5O3. The van der Waals surface area contributed by atoms with Gasteiger partial charge in [0.05, 0.1) is 12.2 Å². The summed E-state index contributed by atoms with van der Waals surface area (Å²) in [4.78, 5) is 22.5. The maximum atomic E-state index is 12.2. The van der Waals surface area contributed by atoms with Gasteiger partial charge in [-0.3, -0.25) is 4.79 Å². The number of carbonyl (C=O) groups is 1. The Bertz CT molecular complexity index is 718.